The molecule has 2 aliphatic heterocycles. The molecule has 12 heteroatoms. The van der Waals surface area contributed by atoms with Crippen LogP contribution in [0.15, 0.2) is 89.3 Å². The zero-order chi connectivity index (χ0) is 29.9. The molecular weight excluding hydrogens is 593 g/mol. The van der Waals surface area contributed by atoms with E-state index in [1.807, 2.05) is 0 Å². The molecule has 4 aromatic rings. The zero-order valence-corrected chi connectivity index (χ0v) is 24.2. The van der Waals surface area contributed by atoms with E-state index in [-0.39, 0.29) is 28.9 Å². The number of ether oxygens (including phenoxy) is 3. The van der Waals surface area contributed by atoms with Crippen molar-refractivity contribution in [1.82, 2.24) is 10.2 Å². The highest BCUT2D eigenvalue weighted by atomic mass is 32.2. The first-order valence-corrected chi connectivity index (χ1v) is 15.0. The number of carbonyl (C=O) groups is 2. The van der Waals surface area contributed by atoms with Crippen molar-refractivity contribution in [3.63, 3.8) is 0 Å². The Morgan fingerprint density at radius 3 is 2.67 bits per heavy atom. The van der Waals surface area contributed by atoms with E-state index in [4.69, 9.17) is 14.2 Å². The number of halogens is 1. The molecule has 6 rings (SSSR count). The molecule has 3 heterocycles. The summed E-state index contributed by atoms with van der Waals surface area (Å²) in [5.41, 5.74) is 1.59. The predicted molar refractivity (Wildman–Crippen MR) is 160 cm³/mol. The minimum Gasteiger partial charge on any atom is -0.507 e. The number of aliphatic hydroxyl groups is 1. The summed E-state index contributed by atoms with van der Waals surface area (Å²) in [5.74, 6) is -0.468. The monoisotopic (exact) mass is 617 g/mol. The second kappa shape index (κ2) is 12.3. The van der Waals surface area contributed by atoms with Gasteiger partial charge in [0.2, 0.25) is 5.13 Å². The summed E-state index contributed by atoms with van der Waals surface area (Å²) < 4.78 is 30.8. The Morgan fingerprint density at radius 2 is 1.88 bits per heavy atom. The molecule has 1 N–H and O–H groups in total. The molecule has 0 saturated carbocycles. The molecule has 2 aliphatic rings. The van der Waals surface area contributed by atoms with Gasteiger partial charge in [-0.05, 0) is 53.6 Å². The molecule has 1 amide bonds. The van der Waals surface area contributed by atoms with Gasteiger partial charge >= 0.3 is 5.91 Å². The lowest BCUT2D eigenvalue weighted by Crippen LogP contribution is -2.29. The Hall–Kier alpha value is -4.68. The van der Waals surface area contributed by atoms with Crippen molar-refractivity contribution in [3.8, 4) is 17.2 Å². The number of hydrogen-bond donors (Lipinski definition) is 1. The lowest BCUT2D eigenvalue weighted by atomic mass is 9.95. The van der Waals surface area contributed by atoms with Crippen LogP contribution in [0.1, 0.15) is 22.7 Å². The van der Waals surface area contributed by atoms with E-state index in [0.29, 0.717) is 51.7 Å². The molecule has 0 bridgehead atoms. The Kier molecular flexibility index (Phi) is 8.12. The summed E-state index contributed by atoms with van der Waals surface area (Å²) in [5, 5.41) is 20.2. The van der Waals surface area contributed by atoms with Crippen LogP contribution in [0, 0.1) is 5.82 Å². The van der Waals surface area contributed by atoms with Crippen molar-refractivity contribution in [2.45, 2.75) is 16.1 Å². The maximum absolute atomic E-state index is 13.6. The fraction of sp³-hybridized carbons (Fsp3) is 0.161. The smallest absolute Gasteiger partial charge is 0.301 e. The fourth-order valence-corrected chi connectivity index (χ4v) is 6.53. The van der Waals surface area contributed by atoms with Crippen LogP contribution < -0.4 is 19.1 Å². The van der Waals surface area contributed by atoms with Crippen LogP contribution in [0.2, 0.25) is 0 Å². The highest BCUT2D eigenvalue weighted by Gasteiger charge is 2.48. The number of rotatable bonds is 9. The molecule has 0 aliphatic carbocycles. The van der Waals surface area contributed by atoms with E-state index in [1.54, 1.807) is 60.7 Å². The quantitative estimate of drug-likeness (QED) is 0.0610. The highest BCUT2D eigenvalue weighted by Crippen LogP contribution is 2.45. The van der Waals surface area contributed by atoms with Crippen molar-refractivity contribution in [3.05, 3.63) is 107 Å². The predicted octanol–water partition coefficient (Wildman–Crippen LogP) is 5.93. The number of ketones is 1. The van der Waals surface area contributed by atoms with E-state index in [9.17, 15) is 19.1 Å². The second-order valence-corrected chi connectivity index (χ2v) is 11.6. The van der Waals surface area contributed by atoms with Crippen LogP contribution in [0.4, 0.5) is 9.52 Å². The molecule has 0 spiro atoms. The number of carbonyl (C=O) groups excluding carboxylic acids is 2. The number of fused-ring (bicyclic) bond motifs is 1. The Bertz CT molecular complexity index is 1740. The van der Waals surface area contributed by atoms with Crippen molar-refractivity contribution >= 4 is 45.7 Å². The molecule has 0 unspecified atom stereocenters. The Balaban J connectivity index is 1.39. The van der Waals surface area contributed by atoms with Crippen molar-refractivity contribution in [1.29, 1.82) is 0 Å². The molecule has 9 nitrogen and oxygen atoms in total. The van der Waals surface area contributed by atoms with Gasteiger partial charge in [-0.2, -0.15) is 0 Å². The summed E-state index contributed by atoms with van der Waals surface area (Å²) >= 11 is 2.51. The van der Waals surface area contributed by atoms with Crippen molar-refractivity contribution in [2.75, 3.05) is 24.7 Å². The average Bonchev–Trinajstić information content (AvgIpc) is 3.61. The SMILES string of the molecule is C=CCOc1cccc([C@H]2C(=C(O)c3ccc4c(c3)OCCO4)C(=O)C(=O)N2c2nnc(SCc3ccc(F)cc3)s2)c1. The number of nitrogens with zero attached hydrogens (tertiary/aromatic N) is 3. The minimum atomic E-state index is -1.02. The van der Waals surface area contributed by atoms with Crippen LogP contribution in [0.3, 0.4) is 0 Å². The topological polar surface area (TPSA) is 111 Å². The average molecular weight is 618 g/mol. The number of thioether (sulfide) groups is 1. The largest absolute Gasteiger partial charge is 0.507 e. The van der Waals surface area contributed by atoms with Gasteiger partial charge in [-0.25, -0.2) is 4.39 Å². The van der Waals surface area contributed by atoms with Crippen LogP contribution >= 0.6 is 23.1 Å². The number of aromatic nitrogens is 2. The number of amides is 1. The fourth-order valence-electron chi connectivity index (χ4n) is 4.70. The second-order valence-electron chi connectivity index (χ2n) is 9.47. The van der Waals surface area contributed by atoms with E-state index < -0.39 is 17.7 Å². The third-order valence-corrected chi connectivity index (χ3v) is 8.81. The van der Waals surface area contributed by atoms with Crippen LogP contribution in [0.25, 0.3) is 5.76 Å². The highest BCUT2D eigenvalue weighted by molar-refractivity contribution is 8.00. The number of benzene rings is 3. The molecule has 3 aromatic carbocycles. The zero-order valence-electron chi connectivity index (χ0n) is 22.6. The number of anilines is 1. The van der Waals surface area contributed by atoms with Gasteiger partial charge in [0, 0.05) is 11.3 Å². The van der Waals surface area contributed by atoms with Gasteiger partial charge in [-0.1, -0.05) is 60.0 Å². The standard InChI is InChI=1S/C31H24FN3O6S2/c1-2-12-39-22-5-3-4-19(15-22)26-25(27(36)20-8-11-23-24(16-20)41-14-13-40-23)28(37)29(38)35(26)30-33-34-31(43-30)42-17-18-6-9-21(32)10-7-18/h2-11,15-16,26,36H,1,12-14,17H2/t26-/m0/s1. The van der Waals surface area contributed by atoms with Crippen molar-refractivity contribution in [2.24, 2.45) is 0 Å². The van der Waals surface area contributed by atoms with Gasteiger partial charge in [0.25, 0.3) is 5.78 Å². The number of aliphatic hydroxyl groups excluding tert-OH is 1. The minimum absolute atomic E-state index is 0.113. The molecule has 1 saturated heterocycles. The van der Waals surface area contributed by atoms with Gasteiger partial charge in [0.1, 0.15) is 37.1 Å². The van der Waals surface area contributed by atoms with E-state index >= 15 is 0 Å². The number of hydrogen-bond acceptors (Lipinski definition) is 10. The molecule has 1 atom stereocenters. The molecule has 1 fully saturated rings. The normalized spacial score (nSPS) is 17.2. The van der Waals surface area contributed by atoms with Gasteiger partial charge in [0.15, 0.2) is 15.8 Å². The first-order chi connectivity index (χ1) is 20.9. The van der Waals surface area contributed by atoms with Crippen LogP contribution in [0.5, 0.6) is 17.2 Å². The van der Waals surface area contributed by atoms with Crippen LogP contribution in [-0.2, 0) is 15.3 Å². The van der Waals surface area contributed by atoms with Crippen LogP contribution in [-0.4, -0.2) is 46.8 Å². The maximum atomic E-state index is 13.6. The first kappa shape index (κ1) is 28.4. The molecule has 0 radical (unpaired) electrons. The summed E-state index contributed by atoms with van der Waals surface area (Å²) in [6.07, 6.45) is 1.60. The van der Waals surface area contributed by atoms with E-state index in [1.165, 1.54) is 28.8 Å². The van der Waals surface area contributed by atoms with Gasteiger partial charge in [0.05, 0.1) is 11.6 Å². The van der Waals surface area contributed by atoms with Gasteiger partial charge < -0.3 is 19.3 Å². The van der Waals surface area contributed by atoms with E-state index in [2.05, 4.69) is 16.8 Å². The first-order valence-electron chi connectivity index (χ1n) is 13.2. The summed E-state index contributed by atoms with van der Waals surface area (Å²) in [6.45, 7) is 4.68. The van der Waals surface area contributed by atoms with E-state index in [0.717, 1.165) is 16.9 Å². The third-order valence-electron chi connectivity index (χ3n) is 6.68. The van der Waals surface area contributed by atoms with Gasteiger partial charge in [-0.15, -0.1) is 10.2 Å². The lowest BCUT2D eigenvalue weighted by molar-refractivity contribution is -0.132. The molecule has 218 valence electrons. The Morgan fingerprint density at radius 1 is 1.09 bits per heavy atom. The third kappa shape index (κ3) is 5.84. The number of Topliss-reactive ketones (excluding diaryl/α,β-unsaturated/α-hetero) is 1. The summed E-state index contributed by atoms with van der Waals surface area (Å²) in [4.78, 5) is 28.4. The molecular formula is C31H24FN3O6S2. The maximum Gasteiger partial charge on any atom is 0.301 e. The summed E-state index contributed by atoms with van der Waals surface area (Å²) in [6, 6.07) is 16.9. The summed E-state index contributed by atoms with van der Waals surface area (Å²) in [7, 11) is 0. The van der Waals surface area contributed by atoms with Gasteiger partial charge in [-0.3, -0.25) is 14.5 Å². The lowest BCUT2D eigenvalue weighted by Gasteiger charge is -2.23. The Labute approximate surface area is 254 Å². The molecule has 43 heavy (non-hydrogen) atoms. The van der Waals surface area contributed by atoms with Crippen molar-refractivity contribution < 1.29 is 33.3 Å². The molecule has 1 aromatic heterocycles.